The number of benzene rings is 1. The summed E-state index contributed by atoms with van der Waals surface area (Å²) in [4.78, 5) is 35.6. The minimum absolute atomic E-state index is 0.190. The second-order valence-corrected chi connectivity index (χ2v) is 5.35. The van der Waals surface area contributed by atoms with E-state index in [1.54, 1.807) is 24.3 Å². The van der Waals surface area contributed by atoms with Gasteiger partial charge in [-0.25, -0.2) is 4.79 Å². The molecule has 0 aliphatic carbocycles. The third-order valence-corrected chi connectivity index (χ3v) is 3.33. The van der Waals surface area contributed by atoms with E-state index in [9.17, 15) is 14.4 Å². The Labute approximate surface area is 145 Å². The van der Waals surface area contributed by atoms with Gasteiger partial charge in [0.05, 0.1) is 11.8 Å². The first kappa shape index (κ1) is 18.3. The van der Waals surface area contributed by atoms with Gasteiger partial charge in [0.1, 0.15) is 0 Å². The molecule has 25 heavy (non-hydrogen) atoms. The first-order chi connectivity index (χ1) is 12.0. The molecule has 0 spiro atoms. The standard InChI is InChI=1S/C18H20N2O5/c1-3-10-19-16(21)12(2)25-18(23)13-6-8-14(9-7-13)20-17(22)15-5-4-11-24-15/h4-9,11-12H,3,10H2,1-2H3,(H,19,21)(H,20,22)/t12-/m1/s1. The summed E-state index contributed by atoms with van der Waals surface area (Å²) in [5.74, 6) is -1.14. The van der Waals surface area contributed by atoms with Crippen molar-refractivity contribution in [1.82, 2.24) is 5.32 Å². The van der Waals surface area contributed by atoms with Crippen molar-refractivity contribution in [2.24, 2.45) is 0 Å². The molecule has 7 nitrogen and oxygen atoms in total. The van der Waals surface area contributed by atoms with Crippen LogP contribution in [0.1, 0.15) is 41.2 Å². The van der Waals surface area contributed by atoms with Crippen LogP contribution >= 0.6 is 0 Å². The molecule has 0 aliphatic rings. The summed E-state index contributed by atoms with van der Waals surface area (Å²) in [5.41, 5.74) is 0.790. The number of carbonyl (C=O) groups excluding carboxylic acids is 3. The summed E-state index contributed by atoms with van der Waals surface area (Å²) in [5, 5.41) is 5.30. The van der Waals surface area contributed by atoms with Crippen molar-refractivity contribution in [3.05, 3.63) is 54.0 Å². The number of rotatable bonds is 7. The van der Waals surface area contributed by atoms with Gasteiger partial charge in [-0.05, 0) is 49.7 Å². The molecule has 7 heteroatoms. The Kier molecular flexibility index (Phi) is 6.33. The Morgan fingerprint density at radius 1 is 1.16 bits per heavy atom. The van der Waals surface area contributed by atoms with Crippen LogP contribution in [0.25, 0.3) is 0 Å². The zero-order valence-corrected chi connectivity index (χ0v) is 14.1. The normalized spacial score (nSPS) is 11.4. The lowest BCUT2D eigenvalue weighted by molar-refractivity contribution is -0.129. The van der Waals surface area contributed by atoms with Crippen LogP contribution in [0.2, 0.25) is 0 Å². The largest absolute Gasteiger partial charge is 0.459 e. The van der Waals surface area contributed by atoms with Gasteiger partial charge in [0.2, 0.25) is 0 Å². The van der Waals surface area contributed by atoms with E-state index < -0.39 is 12.1 Å². The lowest BCUT2D eigenvalue weighted by Crippen LogP contribution is -2.36. The predicted molar refractivity (Wildman–Crippen MR) is 91.3 cm³/mol. The number of furan rings is 1. The fraction of sp³-hybridized carbons (Fsp3) is 0.278. The van der Waals surface area contributed by atoms with Crippen LogP contribution in [0.4, 0.5) is 5.69 Å². The molecule has 0 bridgehead atoms. The SMILES string of the molecule is CCCNC(=O)[C@@H](C)OC(=O)c1ccc(NC(=O)c2ccco2)cc1. The molecular formula is C18H20N2O5. The highest BCUT2D eigenvalue weighted by Gasteiger charge is 2.18. The zero-order chi connectivity index (χ0) is 18.2. The molecule has 1 heterocycles. The van der Waals surface area contributed by atoms with Gasteiger partial charge in [-0.2, -0.15) is 0 Å². The Balaban J connectivity index is 1.91. The smallest absolute Gasteiger partial charge is 0.338 e. The lowest BCUT2D eigenvalue weighted by Gasteiger charge is -2.13. The maximum Gasteiger partial charge on any atom is 0.338 e. The quantitative estimate of drug-likeness (QED) is 0.753. The molecule has 0 fully saturated rings. The molecule has 2 amide bonds. The van der Waals surface area contributed by atoms with Gasteiger partial charge in [-0.3, -0.25) is 9.59 Å². The van der Waals surface area contributed by atoms with Crippen LogP contribution in [0.15, 0.2) is 47.1 Å². The van der Waals surface area contributed by atoms with Crippen molar-refractivity contribution in [2.45, 2.75) is 26.4 Å². The summed E-state index contributed by atoms with van der Waals surface area (Å²) >= 11 is 0. The Hall–Kier alpha value is -3.09. The molecule has 132 valence electrons. The summed E-state index contributed by atoms with van der Waals surface area (Å²) in [6.07, 6.45) is 1.33. The first-order valence-corrected chi connectivity index (χ1v) is 7.95. The van der Waals surface area contributed by atoms with E-state index in [4.69, 9.17) is 9.15 Å². The van der Waals surface area contributed by atoms with E-state index in [1.165, 1.54) is 25.3 Å². The molecule has 0 saturated carbocycles. The van der Waals surface area contributed by atoms with Crippen molar-refractivity contribution >= 4 is 23.5 Å². The van der Waals surface area contributed by atoms with Crippen LogP contribution in [0, 0.1) is 0 Å². The number of hydrogen-bond acceptors (Lipinski definition) is 5. The van der Waals surface area contributed by atoms with Crippen molar-refractivity contribution < 1.29 is 23.5 Å². The van der Waals surface area contributed by atoms with E-state index in [2.05, 4.69) is 10.6 Å². The van der Waals surface area contributed by atoms with E-state index in [-0.39, 0.29) is 23.1 Å². The number of anilines is 1. The minimum Gasteiger partial charge on any atom is -0.459 e. The molecular weight excluding hydrogens is 324 g/mol. The fourth-order valence-electron chi connectivity index (χ4n) is 1.96. The van der Waals surface area contributed by atoms with Crippen molar-refractivity contribution in [3.63, 3.8) is 0 Å². The third kappa shape index (κ3) is 5.20. The van der Waals surface area contributed by atoms with Gasteiger partial charge in [0, 0.05) is 12.2 Å². The van der Waals surface area contributed by atoms with Gasteiger partial charge in [-0.1, -0.05) is 6.92 Å². The molecule has 0 saturated heterocycles. The Morgan fingerprint density at radius 2 is 1.88 bits per heavy atom. The summed E-state index contributed by atoms with van der Waals surface area (Å²) in [7, 11) is 0. The first-order valence-electron chi connectivity index (χ1n) is 7.95. The molecule has 2 aromatic rings. The number of hydrogen-bond donors (Lipinski definition) is 2. The fourth-order valence-corrected chi connectivity index (χ4v) is 1.96. The Bertz CT molecular complexity index is 722. The van der Waals surface area contributed by atoms with Crippen LogP contribution in [0.5, 0.6) is 0 Å². The molecule has 1 atom stereocenters. The van der Waals surface area contributed by atoms with E-state index in [0.717, 1.165) is 6.42 Å². The van der Waals surface area contributed by atoms with Crippen molar-refractivity contribution in [2.75, 3.05) is 11.9 Å². The topological polar surface area (TPSA) is 97.6 Å². The maximum atomic E-state index is 12.0. The van der Waals surface area contributed by atoms with E-state index >= 15 is 0 Å². The number of nitrogens with one attached hydrogen (secondary N) is 2. The average Bonchev–Trinajstić information content (AvgIpc) is 3.14. The van der Waals surface area contributed by atoms with Crippen LogP contribution in [0.3, 0.4) is 0 Å². The second-order valence-electron chi connectivity index (χ2n) is 5.35. The second kappa shape index (κ2) is 8.68. The van der Waals surface area contributed by atoms with Crippen LogP contribution in [-0.2, 0) is 9.53 Å². The highest BCUT2D eigenvalue weighted by Crippen LogP contribution is 2.13. The lowest BCUT2D eigenvalue weighted by atomic mass is 10.2. The summed E-state index contributed by atoms with van der Waals surface area (Å²) in [6, 6.07) is 9.32. The van der Waals surface area contributed by atoms with Gasteiger partial charge >= 0.3 is 5.97 Å². The highest BCUT2D eigenvalue weighted by atomic mass is 16.5. The number of amides is 2. The molecule has 0 unspecified atom stereocenters. The zero-order valence-electron chi connectivity index (χ0n) is 14.1. The number of carbonyl (C=O) groups is 3. The number of ether oxygens (including phenoxy) is 1. The molecule has 1 aromatic carbocycles. The van der Waals surface area contributed by atoms with Crippen molar-refractivity contribution in [3.8, 4) is 0 Å². The number of esters is 1. The van der Waals surface area contributed by atoms with Gasteiger partial charge in [-0.15, -0.1) is 0 Å². The molecule has 0 radical (unpaired) electrons. The predicted octanol–water partition coefficient (Wildman–Crippen LogP) is 2.60. The van der Waals surface area contributed by atoms with E-state index in [0.29, 0.717) is 12.2 Å². The van der Waals surface area contributed by atoms with Gasteiger partial charge in [0.25, 0.3) is 11.8 Å². The highest BCUT2D eigenvalue weighted by molar-refractivity contribution is 6.02. The maximum absolute atomic E-state index is 12.0. The summed E-state index contributed by atoms with van der Waals surface area (Å²) < 4.78 is 10.1. The minimum atomic E-state index is -0.877. The Morgan fingerprint density at radius 3 is 2.48 bits per heavy atom. The third-order valence-electron chi connectivity index (χ3n) is 3.33. The summed E-state index contributed by atoms with van der Waals surface area (Å²) in [6.45, 7) is 3.98. The van der Waals surface area contributed by atoms with Crippen molar-refractivity contribution in [1.29, 1.82) is 0 Å². The van der Waals surface area contributed by atoms with Gasteiger partial charge in [0.15, 0.2) is 11.9 Å². The monoisotopic (exact) mass is 344 g/mol. The van der Waals surface area contributed by atoms with Crippen LogP contribution in [-0.4, -0.2) is 30.4 Å². The molecule has 1 aromatic heterocycles. The molecule has 2 N–H and O–H groups in total. The van der Waals surface area contributed by atoms with Crippen LogP contribution < -0.4 is 10.6 Å². The molecule has 0 aliphatic heterocycles. The van der Waals surface area contributed by atoms with Gasteiger partial charge < -0.3 is 19.8 Å². The molecule has 2 rings (SSSR count). The van der Waals surface area contributed by atoms with E-state index in [1.807, 2.05) is 6.92 Å². The average molecular weight is 344 g/mol.